The van der Waals surface area contributed by atoms with Crippen LogP contribution in [0.5, 0.6) is 11.5 Å². The Kier molecular flexibility index (Phi) is 6.33. The SMILES string of the molecule is CC(C)(C)c1ccc(-c2cccc(O)c2O)cc1.OP(O)O. The summed E-state index contributed by atoms with van der Waals surface area (Å²) < 4.78 is 0. The van der Waals surface area contributed by atoms with Crippen LogP contribution in [0.2, 0.25) is 0 Å². The minimum Gasteiger partial charge on any atom is -0.504 e. The van der Waals surface area contributed by atoms with Gasteiger partial charge in [0, 0.05) is 5.56 Å². The van der Waals surface area contributed by atoms with Gasteiger partial charge in [0.25, 0.3) is 0 Å². The van der Waals surface area contributed by atoms with E-state index in [1.807, 2.05) is 12.1 Å². The smallest absolute Gasteiger partial charge is 0.324 e. The van der Waals surface area contributed by atoms with E-state index in [0.29, 0.717) is 5.56 Å². The summed E-state index contributed by atoms with van der Waals surface area (Å²) in [6.45, 7) is 6.48. The molecule has 2 aromatic rings. The van der Waals surface area contributed by atoms with Gasteiger partial charge in [-0.05, 0) is 22.6 Å². The summed E-state index contributed by atoms with van der Waals surface area (Å²) in [6.07, 6.45) is 0. The van der Waals surface area contributed by atoms with Crippen LogP contribution in [-0.2, 0) is 5.41 Å². The average molecular weight is 324 g/mol. The molecule has 22 heavy (non-hydrogen) atoms. The fraction of sp³-hybridized carbons (Fsp3) is 0.250. The van der Waals surface area contributed by atoms with Gasteiger partial charge >= 0.3 is 8.60 Å². The summed E-state index contributed by atoms with van der Waals surface area (Å²) >= 11 is 0. The second kappa shape index (κ2) is 7.56. The Morgan fingerprint density at radius 2 is 1.32 bits per heavy atom. The number of rotatable bonds is 1. The van der Waals surface area contributed by atoms with Crippen molar-refractivity contribution in [3.63, 3.8) is 0 Å². The predicted octanol–water partition coefficient (Wildman–Crippen LogP) is 3.25. The van der Waals surface area contributed by atoms with Crippen LogP contribution in [0, 0.1) is 0 Å². The second-order valence-electron chi connectivity index (χ2n) is 5.77. The van der Waals surface area contributed by atoms with E-state index in [9.17, 15) is 10.2 Å². The summed E-state index contributed by atoms with van der Waals surface area (Å²) in [6, 6.07) is 13.0. The van der Waals surface area contributed by atoms with E-state index in [1.54, 1.807) is 12.1 Å². The minimum absolute atomic E-state index is 0.0685. The normalized spacial score (nSPS) is 11.0. The Hall–Kier alpha value is -1.65. The number of hydrogen-bond acceptors (Lipinski definition) is 5. The summed E-state index contributed by atoms with van der Waals surface area (Å²) in [7, 11) is -2.62. The van der Waals surface area contributed by atoms with Gasteiger partial charge in [-0.3, -0.25) is 0 Å². The Morgan fingerprint density at radius 3 is 1.77 bits per heavy atom. The number of phenols is 2. The number of phenolic OH excluding ortho intramolecular Hbond substituents is 2. The molecule has 0 bridgehead atoms. The van der Waals surface area contributed by atoms with Gasteiger partial charge in [0.05, 0.1) is 0 Å². The van der Waals surface area contributed by atoms with Gasteiger partial charge < -0.3 is 24.9 Å². The molecule has 0 saturated heterocycles. The third-order valence-electron chi connectivity index (χ3n) is 3.08. The van der Waals surface area contributed by atoms with Crippen LogP contribution < -0.4 is 0 Å². The molecule has 6 heteroatoms. The maximum absolute atomic E-state index is 9.83. The number of aromatic hydroxyl groups is 2. The highest BCUT2D eigenvalue weighted by molar-refractivity contribution is 7.38. The topological polar surface area (TPSA) is 101 Å². The van der Waals surface area contributed by atoms with E-state index < -0.39 is 8.60 Å². The number of benzene rings is 2. The minimum atomic E-state index is -2.62. The standard InChI is InChI=1S/C16H18O2.H3O3P/c1-16(2,3)12-9-7-11(8-10-12)13-5-4-6-14(17)15(13)18;1-4(2)3/h4-10,17-18H,1-3H3;1-3H. The molecule has 120 valence electrons. The summed E-state index contributed by atoms with van der Waals surface area (Å²) in [5, 5.41) is 19.3. The average Bonchev–Trinajstić information content (AvgIpc) is 2.40. The molecule has 0 amide bonds. The highest BCUT2D eigenvalue weighted by atomic mass is 31.2. The maximum Gasteiger partial charge on any atom is 0.324 e. The lowest BCUT2D eigenvalue weighted by Crippen LogP contribution is -2.10. The molecular weight excluding hydrogens is 303 g/mol. The van der Waals surface area contributed by atoms with Crippen molar-refractivity contribution in [1.82, 2.24) is 0 Å². The lowest BCUT2D eigenvalue weighted by atomic mass is 9.86. The maximum atomic E-state index is 9.83. The molecule has 0 aliphatic heterocycles. The monoisotopic (exact) mass is 324 g/mol. The van der Waals surface area contributed by atoms with Crippen LogP contribution >= 0.6 is 8.60 Å². The molecule has 0 radical (unpaired) electrons. The fourth-order valence-corrected chi connectivity index (χ4v) is 1.91. The van der Waals surface area contributed by atoms with E-state index in [2.05, 4.69) is 32.9 Å². The van der Waals surface area contributed by atoms with Gasteiger partial charge in [-0.15, -0.1) is 0 Å². The van der Waals surface area contributed by atoms with Gasteiger partial charge in [-0.2, -0.15) is 0 Å². The van der Waals surface area contributed by atoms with Crippen molar-refractivity contribution < 1.29 is 24.9 Å². The van der Waals surface area contributed by atoms with Crippen LogP contribution in [-0.4, -0.2) is 24.9 Å². The van der Waals surface area contributed by atoms with E-state index in [-0.39, 0.29) is 16.9 Å². The van der Waals surface area contributed by atoms with Crippen molar-refractivity contribution in [2.24, 2.45) is 0 Å². The summed E-state index contributed by atoms with van der Waals surface area (Å²) in [4.78, 5) is 21.7. The lowest BCUT2D eigenvalue weighted by Gasteiger charge is -2.19. The van der Waals surface area contributed by atoms with Crippen molar-refractivity contribution in [3.8, 4) is 22.6 Å². The zero-order valence-corrected chi connectivity index (χ0v) is 13.6. The second-order valence-corrected chi connectivity index (χ2v) is 6.31. The first-order chi connectivity index (χ1) is 10.1. The van der Waals surface area contributed by atoms with Gasteiger partial charge in [0.15, 0.2) is 11.5 Å². The third kappa shape index (κ3) is 5.28. The highest BCUT2D eigenvalue weighted by Crippen LogP contribution is 2.36. The molecule has 0 heterocycles. The largest absolute Gasteiger partial charge is 0.504 e. The van der Waals surface area contributed by atoms with Crippen molar-refractivity contribution in [3.05, 3.63) is 48.0 Å². The quantitative estimate of drug-likeness (QED) is 0.409. The molecule has 0 saturated carbocycles. The van der Waals surface area contributed by atoms with Crippen molar-refractivity contribution in [2.75, 3.05) is 0 Å². The molecule has 0 aromatic heterocycles. The van der Waals surface area contributed by atoms with Crippen LogP contribution in [0.25, 0.3) is 11.1 Å². The van der Waals surface area contributed by atoms with Gasteiger partial charge in [-0.25, -0.2) is 0 Å². The van der Waals surface area contributed by atoms with Crippen molar-refractivity contribution >= 4 is 8.60 Å². The fourth-order valence-electron chi connectivity index (χ4n) is 1.91. The molecule has 2 aromatic carbocycles. The van der Waals surface area contributed by atoms with Crippen LogP contribution in [0.3, 0.4) is 0 Å². The summed E-state index contributed by atoms with van der Waals surface area (Å²) in [5.41, 5.74) is 2.90. The molecule has 0 spiro atoms. The molecular formula is C16H21O5P. The first kappa shape index (κ1) is 18.4. The van der Waals surface area contributed by atoms with Crippen molar-refractivity contribution in [1.29, 1.82) is 0 Å². The molecule has 0 aliphatic carbocycles. The molecule has 0 atom stereocenters. The molecule has 0 fully saturated rings. The first-order valence-electron chi connectivity index (χ1n) is 6.61. The Labute approximate surface area is 131 Å². The van der Waals surface area contributed by atoms with Crippen molar-refractivity contribution in [2.45, 2.75) is 26.2 Å². The van der Waals surface area contributed by atoms with Gasteiger partial charge in [0.2, 0.25) is 0 Å². The predicted molar refractivity (Wildman–Crippen MR) is 87.5 cm³/mol. The van der Waals surface area contributed by atoms with E-state index in [1.165, 1.54) is 11.6 Å². The lowest BCUT2D eigenvalue weighted by molar-refractivity contribution is 0.368. The Bertz CT molecular complexity index is 600. The van der Waals surface area contributed by atoms with E-state index in [0.717, 1.165) is 5.56 Å². The number of hydrogen-bond donors (Lipinski definition) is 5. The van der Waals surface area contributed by atoms with Gasteiger partial charge in [0.1, 0.15) is 0 Å². The Balaban J connectivity index is 0.000000541. The number of para-hydroxylation sites is 1. The molecule has 5 nitrogen and oxygen atoms in total. The van der Waals surface area contributed by atoms with E-state index in [4.69, 9.17) is 14.7 Å². The Morgan fingerprint density at radius 1 is 0.818 bits per heavy atom. The zero-order valence-electron chi connectivity index (χ0n) is 12.7. The van der Waals surface area contributed by atoms with Crippen LogP contribution in [0.15, 0.2) is 42.5 Å². The zero-order chi connectivity index (χ0) is 16.9. The molecule has 5 N–H and O–H groups in total. The molecule has 0 unspecified atom stereocenters. The molecule has 2 rings (SSSR count). The third-order valence-corrected chi connectivity index (χ3v) is 3.08. The first-order valence-corrected chi connectivity index (χ1v) is 7.81. The van der Waals surface area contributed by atoms with E-state index >= 15 is 0 Å². The van der Waals surface area contributed by atoms with Gasteiger partial charge in [-0.1, -0.05) is 57.2 Å². The van der Waals surface area contributed by atoms with Crippen LogP contribution in [0.1, 0.15) is 26.3 Å². The highest BCUT2D eigenvalue weighted by Gasteiger charge is 2.14. The van der Waals surface area contributed by atoms with Crippen LogP contribution in [0.4, 0.5) is 0 Å². The molecule has 0 aliphatic rings. The summed E-state index contributed by atoms with van der Waals surface area (Å²) in [5.74, 6) is -0.159.